The number of rotatable bonds is 4. The smallest absolute Gasteiger partial charge is 0.0641 e. The van der Waals surface area contributed by atoms with Gasteiger partial charge in [-0.15, -0.1) is 0 Å². The van der Waals surface area contributed by atoms with Gasteiger partial charge < -0.3 is 5.32 Å². The summed E-state index contributed by atoms with van der Waals surface area (Å²) in [4.78, 5) is 0. The Kier molecular flexibility index (Phi) is 2.82. The first-order chi connectivity index (χ1) is 7.40. The van der Waals surface area contributed by atoms with Crippen LogP contribution >= 0.6 is 0 Å². The maximum Gasteiger partial charge on any atom is 0.0641 e. The minimum absolute atomic E-state index is 0.407. The minimum atomic E-state index is 0.407. The van der Waals surface area contributed by atoms with Crippen molar-refractivity contribution in [1.29, 1.82) is 0 Å². The molecule has 0 amide bonds. The summed E-state index contributed by atoms with van der Waals surface area (Å²) >= 11 is 0. The molecule has 2 unspecified atom stereocenters. The molecule has 0 saturated heterocycles. The van der Waals surface area contributed by atoms with Crippen molar-refractivity contribution in [1.82, 2.24) is 15.1 Å². The van der Waals surface area contributed by atoms with Crippen LogP contribution in [0.3, 0.4) is 0 Å². The molecule has 1 fully saturated rings. The van der Waals surface area contributed by atoms with Gasteiger partial charge in [0, 0.05) is 24.8 Å². The van der Waals surface area contributed by atoms with E-state index in [4.69, 9.17) is 0 Å². The molecular formula is C13H23N3. The van der Waals surface area contributed by atoms with Crippen LogP contribution in [0, 0.1) is 18.3 Å². The lowest BCUT2D eigenvalue weighted by Gasteiger charge is -2.13. The average Bonchev–Trinajstić information content (AvgIpc) is 2.63. The van der Waals surface area contributed by atoms with Crippen LogP contribution in [0.25, 0.3) is 0 Å². The van der Waals surface area contributed by atoms with E-state index in [1.165, 1.54) is 12.0 Å². The number of aromatic nitrogens is 2. The van der Waals surface area contributed by atoms with E-state index in [1.54, 1.807) is 0 Å². The number of hydrogen-bond acceptors (Lipinski definition) is 2. The number of hydrogen-bond donors (Lipinski definition) is 1. The molecule has 90 valence electrons. The lowest BCUT2D eigenvalue weighted by atomic mass is 10.1. The lowest BCUT2D eigenvalue weighted by molar-refractivity contribution is 0.484. The first-order valence-corrected chi connectivity index (χ1v) is 6.13. The van der Waals surface area contributed by atoms with Gasteiger partial charge in [-0.05, 0) is 38.1 Å². The van der Waals surface area contributed by atoms with Crippen molar-refractivity contribution >= 4 is 0 Å². The summed E-state index contributed by atoms with van der Waals surface area (Å²) in [5.74, 6) is 0.854. The van der Waals surface area contributed by atoms with Crippen molar-refractivity contribution in [2.45, 2.75) is 40.2 Å². The molecule has 0 aromatic carbocycles. The monoisotopic (exact) mass is 221 g/mol. The lowest BCUT2D eigenvalue weighted by Crippen LogP contribution is -2.22. The van der Waals surface area contributed by atoms with Crippen LogP contribution in [0.4, 0.5) is 0 Å². The predicted molar refractivity (Wildman–Crippen MR) is 66.3 cm³/mol. The SMILES string of the molecule is Cc1nn(C)cc1C(C)NCC1CC1(C)C. The molecule has 1 heterocycles. The second-order valence-corrected chi connectivity index (χ2v) is 5.86. The van der Waals surface area contributed by atoms with Crippen molar-refractivity contribution in [2.24, 2.45) is 18.4 Å². The molecule has 1 saturated carbocycles. The Morgan fingerprint density at radius 2 is 2.25 bits per heavy atom. The Morgan fingerprint density at radius 3 is 2.69 bits per heavy atom. The summed E-state index contributed by atoms with van der Waals surface area (Å²) in [7, 11) is 1.98. The molecule has 0 radical (unpaired) electrons. The van der Waals surface area contributed by atoms with Crippen molar-refractivity contribution in [2.75, 3.05) is 6.54 Å². The third-order valence-electron chi connectivity index (χ3n) is 3.91. The van der Waals surface area contributed by atoms with Gasteiger partial charge in [0.05, 0.1) is 5.69 Å². The highest BCUT2D eigenvalue weighted by molar-refractivity contribution is 5.19. The highest BCUT2D eigenvalue weighted by Gasteiger charge is 2.44. The summed E-state index contributed by atoms with van der Waals surface area (Å²) in [6, 6.07) is 0.407. The molecule has 3 heteroatoms. The van der Waals surface area contributed by atoms with E-state index in [1.807, 2.05) is 11.7 Å². The summed E-state index contributed by atoms with van der Waals surface area (Å²) in [6.45, 7) is 10.1. The van der Waals surface area contributed by atoms with E-state index < -0.39 is 0 Å². The molecule has 1 aliphatic carbocycles. The van der Waals surface area contributed by atoms with Crippen LogP contribution in [0.2, 0.25) is 0 Å². The number of aryl methyl sites for hydroxylation is 2. The third kappa shape index (κ3) is 2.29. The van der Waals surface area contributed by atoms with E-state index in [-0.39, 0.29) is 0 Å². The van der Waals surface area contributed by atoms with E-state index >= 15 is 0 Å². The van der Waals surface area contributed by atoms with Gasteiger partial charge in [-0.25, -0.2) is 0 Å². The molecule has 2 rings (SSSR count). The minimum Gasteiger partial charge on any atom is -0.310 e. The van der Waals surface area contributed by atoms with Crippen LogP contribution in [-0.2, 0) is 7.05 Å². The van der Waals surface area contributed by atoms with Gasteiger partial charge in [0.2, 0.25) is 0 Å². The van der Waals surface area contributed by atoms with Crippen molar-refractivity contribution < 1.29 is 0 Å². The van der Waals surface area contributed by atoms with Gasteiger partial charge in [0.1, 0.15) is 0 Å². The molecule has 1 aliphatic rings. The maximum absolute atomic E-state index is 4.38. The van der Waals surface area contributed by atoms with E-state index in [0.29, 0.717) is 11.5 Å². The normalized spacial score (nSPS) is 24.4. The molecular weight excluding hydrogens is 198 g/mol. The van der Waals surface area contributed by atoms with Gasteiger partial charge >= 0.3 is 0 Å². The van der Waals surface area contributed by atoms with E-state index in [0.717, 1.165) is 18.2 Å². The maximum atomic E-state index is 4.38. The van der Waals surface area contributed by atoms with Gasteiger partial charge in [0.25, 0.3) is 0 Å². The standard InChI is InChI=1S/C13H23N3/c1-9(12-8-16(5)15-10(12)2)14-7-11-6-13(11,3)4/h8-9,11,14H,6-7H2,1-5H3. The van der Waals surface area contributed by atoms with Crippen LogP contribution in [0.1, 0.15) is 44.5 Å². The van der Waals surface area contributed by atoms with Crippen molar-refractivity contribution in [3.63, 3.8) is 0 Å². The van der Waals surface area contributed by atoms with Crippen LogP contribution in [0.5, 0.6) is 0 Å². The van der Waals surface area contributed by atoms with Crippen LogP contribution < -0.4 is 5.32 Å². The second-order valence-electron chi connectivity index (χ2n) is 5.86. The zero-order chi connectivity index (χ0) is 11.9. The zero-order valence-electron chi connectivity index (χ0n) is 11.0. The van der Waals surface area contributed by atoms with Gasteiger partial charge in [-0.2, -0.15) is 5.10 Å². The highest BCUT2D eigenvalue weighted by atomic mass is 15.3. The van der Waals surface area contributed by atoms with E-state index in [2.05, 4.69) is 44.3 Å². The first kappa shape index (κ1) is 11.6. The molecule has 3 nitrogen and oxygen atoms in total. The van der Waals surface area contributed by atoms with E-state index in [9.17, 15) is 0 Å². The molecule has 1 aromatic heterocycles. The van der Waals surface area contributed by atoms with Crippen molar-refractivity contribution in [3.05, 3.63) is 17.5 Å². The molecule has 0 bridgehead atoms. The highest BCUT2D eigenvalue weighted by Crippen LogP contribution is 2.51. The van der Waals surface area contributed by atoms with Gasteiger partial charge in [-0.1, -0.05) is 13.8 Å². The molecule has 0 aliphatic heterocycles. The topological polar surface area (TPSA) is 29.9 Å². The van der Waals surface area contributed by atoms with Crippen LogP contribution in [0.15, 0.2) is 6.20 Å². The fraction of sp³-hybridized carbons (Fsp3) is 0.769. The Bertz CT molecular complexity index is 379. The fourth-order valence-electron chi connectivity index (χ4n) is 2.40. The number of nitrogens with zero attached hydrogens (tertiary/aromatic N) is 2. The molecule has 0 spiro atoms. The average molecular weight is 221 g/mol. The fourth-order valence-corrected chi connectivity index (χ4v) is 2.40. The largest absolute Gasteiger partial charge is 0.310 e. The second kappa shape index (κ2) is 3.88. The Labute approximate surface area is 98.2 Å². The quantitative estimate of drug-likeness (QED) is 0.846. The Balaban J connectivity index is 1.89. The summed E-state index contributed by atoms with van der Waals surface area (Å²) in [5, 5.41) is 8.00. The number of nitrogens with one attached hydrogen (secondary N) is 1. The summed E-state index contributed by atoms with van der Waals surface area (Å²) < 4.78 is 1.89. The first-order valence-electron chi connectivity index (χ1n) is 6.13. The Morgan fingerprint density at radius 1 is 1.62 bits per heavy atom. The van der Waals surface area contributed by atoms with Gasteiger partial charge in [0.15, 0.2) is 0 Å². The molecule has 2 atom stereocenters. The van der Waals surface area contributed by atoms with Gasteiger partial charge in [-0.3, -0.25) is 4.68 Å². The Hall–Kier alpha value is -0.830. The van der Waals surface area contributed by atoms with Crippen LogP contribution in [-0.4, -0.2) is 16.3 Å². The molecule has 16 heavy (non-hydrogen) atoms. The zero-order valence-corrected chi connectivity index (χ0v) is 11.0. The summed E-state index contributed by atoms with van der Waals surface area (Å²) in [6.07, 6.45) is 3.48. The van der Waals surface area contributed by atoms with Crippen molar-refractivity contribution in [3.8, 4) is 0 Å². The third-order valence-corrected chi connectivity index (χ3v) is 3.91. The molecule has 1 aromatic rings. The molecule has 1 N–H and O–H groups in total. The summed E-state index contributed by atoms with van der Waals surface area (Å²) in [5.41, 5.74) is 3.02. The predicted octanol–water partition coefficient (Wildman–Crippen LogP) is 2.43.